The van der Waals surface area contributed by atoms with E-state index in [1.807, 2.05) is 6.92 Å². The van der Waals surface area contributed by atoms with Crippen LogP contribution in [0.25, 0.3) is 0 Å². The third-order valence-corrected chi connectivity index (χ3v) is 2.88. The van der Waals surface area contributed by atoms with Gasteiger partial charge in [-0.15, -0.1) is 0 Å². The standard InChI is InChI=1S/C8H14N2O3S/c1-6(9)4-14-5-7(11)10-2-3-13-8(10)12/h6H,2-5,9H2,1H3. The van der Waals surface area contributed by atoms with Crippen molar-refractivity contribution in [3.63, 3.8) is 0 Å². The van der Waals surface area contributed by atoms with Crippen LogP contribution < -0.4 is 5.73 Å². The van der Waals surface area contributed by atoms with Crippen LogP contribution in [0.3, 0.4) is 0 Å². The zero-order chi connectivity index (χ0) is 10.6. The molecular weight excluding hydrogens is 204 g/mol. The van der Waals surface area contributed by atoms with Gasteiger partial charge in [-0.1, -0.05) is 0 Å². The Kier molecular flexibility index (Phi) is 4.21. The van der Waals surface area contributed by atoms with Crippen molar-refractivity contribution in [1.29, 1.82) is 0 Å². The normalized spacial score (nSPS) is 18.1. The average molecular weight is 218 g/mol. The van der Waals surface area contributed by atoms with Gasteiger partial charge in [0.15, 0.2) is 0 Å². The third kappa shape index (κ3) is 3.19. The van der Waals surface area contributed by atoms with Gasteiger partial charge in [0.1, 0.15) is 6.61 Å². The van der Waals surface area contributed by atoms with Crippen molar-refractivity contribution in [3.05, 3.63) is 0 Å². The largest absolute Gasteiger partial charge is 0.447 e. The number of nitrogens with two attached hydrogens (primary N) is 1. The minimum absolute atomic E-state index is 0.0679. The molecule has 1 fully saturated rings. The van der Waals surface area contributed by atoms with Crippen molar-refractivity contribution in [2.75, 3.05) is 24.7 Å². The van der Waals surface area contributed by atoms with E-state index in [-0.39, 0.29) is 17.7 Å². The monoisotopic (exact) mass is 218 g/mol. The molecule has 1 aliphatic heterocycles. The molecule has 0 spiro atoms. The molecule has 2 amide bonds. The third-order valence-electron chi connectivity index (χ3n) is 1.67. The number of thioether (sulfide) groups is 1. The van der Waals surface area contributed by atoms with Crippen LogP contribution in [0.4, 0.5) is 4.79 Å². The number of ether oxygens (including phenoxy) is 1. The number of nitrogens with zero attached hydrogens (tertiary/aromatic N) is 1. The lowest BCUT2D eigenvalue weighted by Gasteiger charge is -2.10. The Bertz CT molecular complexity index is 233. The first kappa shape index (κ1) is 11.3. The van der Waals surface area contributed by atoms with Crippen LogP contribution in [0.2, 0.25) is 0 Å². The molecule has 0 aromatic rings. The molecule has 1 atom stereocenters. The Hall–Kier alpha value is -0.750. The lowest BCUT2D eigenvalue weighted by molar-refractivity contribution is -0.124. The summed E-state index contributed by atoms with van der Waals surface area (Å²) in [5, 5.41) is 0. The van der Waals surface area contributed by atoms with Gasteiger partial charge in [-0.2, -0.15) is 11.8 Å². The number of amides is 2. The number of rotatable bonds is 4. The van der Waals surface area contributed by atoms with E-state index < -0.39 is 6.09 Å². The Balaban J connectivity index is 2.24. The number of hydrogen-bond donors (Lipinski definition) is 1. The van der Waals surface area contributed by atoms with Crippen molar-refractivity contribution in [1.82, 2.24) is 4.90 Å². The summed E-state index contributed by atoms with van der Waals surface area (Å²) in [5.74, 6) is 0.809. The van der Waals surface area contributed by atoms with E-state index >= 15 is 0 Å². The molecule has 2 N–H and O–H groups in total. The molecule has 14 heavy (non-hydrogen) atoms. The van der Waals surface area contributed by atoms with Gasteiger partial charge in [-0.25, -0.2) is 9.69 Å². The summed E-state index contributed by atoms with van der Waals surface area (Å²) in [7, 11) is 0. The summed E-state index contributed by atoms with van der Waals surface area (Å²) >= 11 is 1.43. The van der Waals surface area contributed by atoms with Gasteiger partial charge >= 0.3 is 6.09 Å². The summed E-state index contributed by atoms with van der Waals surface area (Å²) in [5.41, 5.74) is 5.52. The minimum Gasteiger partial charge on any atom is -0.447 e. The first-order valence-corrected chi connectivity index (χ1v) is 5.57. The Labute approximate surface area is 86.9 Å². The number of carbonyl (C=O) groups excluding carboxylic acids is 2. The molecule has 1 unspecified atom stereocenters. The van der Waals surface area contributed by atoms with E-state index in [4.69, 9.17) is 5.73 Å². The van der Waals surface area contributed by atoms with E-state index in [0.717, 1.165) is 4.90 Å². The van der Waals surface area contributed by atoms with Crippen molar-refractivity contribution in [3.8, 4) is 0 Å². The first-order valence-electron chi connectivity index (χ1n) is 4.41. The first-order chi connectivity index (χ1) is 6.61. The maximum Gasteiger partial charge on any atom is 0.416 e. The molecule has 0 saturated carbocycles. The predicted octanol–water partition coefficient (Wildman–Crippen LogP) is 0.0456. The predicted molar refractivity (Wildman–Crippen MR) is 54.0 cm³/mol. The van der Waals surface area contributed by atoms with Gasteiger partial charge in [-0.05, 0) is 6.92 Å². The van der Waals surface area contributed by atoms with Gasteiger partial charge < -0.3 is 10.5 Å². The van der Waals surface area contributed by atoms with Crippen molar-refractivity contribution < 1.29 is 14.3 Å². The average Bonchev–Trinajstić information content (AvgIpc) is 2.50. The number of cyclic esters (lactones) is 1. The zero-order valence-electron chi connectivity index (χ0n) is 8.06. The lowest BCUT2D eigenvalue weighted by atomic mass is 10.4. The molecule has 0 radical (unpaired) electrons. The fourth-order valence-electron chi connectivity index (χ4n) is 1.03. The van der Waals surface area contributed by atoms with Gasteiger partial charge in [0.25, 0.3) is 0 Å². The summed E-state index contributed by atoms with van der Waals surface area (Å²) in [4.78, 5) is 23.5. The summed E-state index contributed by atoms with van der Waals surface area (Å²) in [6, 6.07) is 0.0679. The highest BCUT2D eigenvalue weighted by Gasteiger charge is 2.27. The summed E-state index contributed by atoms with van der Waals surface area (Å²) in [6.45, 7) is 2.56. The van der Waals surface area contributed by atoms with Crippen LogP contribution in [0, 0.1) is 0 Å². The highest BCUT2D eigenvalue weighted by molar-refractivity contribution is 7.99. The van der Waals surface area contributed by atoms with Crippen LogP contribution in [-0.4, -0.2) is 47.6 Å². The highest BCUT2D eigenvalue weighted by atomic mass is 32.2. The molecule has 1 saturated heterocycles. The zero-order valence-corrected chi connectivity index (χ0v) is 8.88. The molecule has 0 aromatic heterocycles. The molecular formula is C8H14N2O3S. The van der Waals surface area contributed by atoms with Gasteiger partial charge in [0, 0.05) is 11.8 Å². The smallest absolute Gasteiger partial charge is 0.416 e. The fourth-order valence-corrected chi connectivity index (χ4v) is 1.85. The van der Waals surface area contributed by atoms with Crippen LogP contribution >= 0.6 is 11.8 Å². The SMILES string of the molecule is CC(N)CSCC(=O)N1CCOC1=O. The van der Waals surface area contributed by atoms with Crippen molar-refractivity contribution in [2.24, 2.45) is 5.73 Å². The number of imide groups is 1. The maximum absolute atomic E-state index is 11.4. The van der Waals surface area contributed by atoms with Gasteiger partial charge in [0.2, 0.25) is 5.91 Å². The van der Waals surface area contributed by atoms with E-state index in [1.54, 1.807) is 0 Å². The second-order valence-electron chi connectivity index (χ2n) is 3.15. The second-order valence-corrected chi connectivity index (χ2v) is 4.18. The van der Waals surface area contributed by atoms with E-state index in [2.05, 4.69) is 4.74 Å². The number of carbonyl (C=O) groups is 2. The van der Waals surface area contributed by atoms with E-state index in [0.29, 0.717) is 18.9 Å². The molecule has 5 nitrogen and oxygen atoms in total. The molecule has 1 heterocycles. The molecule has 6 heteroatoms. The van der Waals surface area contributed by atoms with E-state index in [1.165, 1.54) is 11.8 Å². The Morgan fingerprint density at radius 1 is 1.79 bits per heavy atom. The molecule has 80 valence electrons. The molecule has 0 bridgehead atoms. The highest BCUT2D eigenvalue weighted by Crippen LogP contribution is 2.08. The molecule has 1 rings (SSSR count). The van der Waals surface area contributed by atoms with Crippen LogP contribution in [0.15, 0.2) is 0 Å². The lowest BCUT2D eigenvalue weighted by Crippen LogP contribution is -2.33. The summed E-state index contributed by atoms with van der Waals surface area (Å²) < 4.78 is 4.65. The van der Waals surface area contributed by atoms with Gasteiger partial charge in [-0.3, -0.25) is 4.79 Å². The maximum atomic E-state index is 11.4. The van der Waals surface area contributed by atoms with Crippen LogP contribution in [-0.2, 0) is 9.53 Å². The second kappa shape index (κ2) is 5.21. The molecule has 0 aliphatic carbocycles. The van der Waals surface area contributed by atoms with E-state index in [9.17, 15) is 9.59 Å². The van der Waals surface area contributed by atoms with Gasteiger partial charge in [0.05, 0.1) is 12.3 Å². The number of hydrogen-bond acceptors (Lipinski definition) is 5. The topological polar surface area (TPSA) is 72.6 Å². The fraction of sp³-hybridized carbons (Fsp3) is 0.750. The molecule has 1 aliphatic rings. The quantitative estimate of drug-likeness (QED) is 0.721. The Morgan fingerprint density at radius 2 is 2.50 bits per heavy atom. The summed E-state index contributed by atoms with van der Waals surface area (Å²) in [6.07, 6.45) is -0.531. The Morgan fingerprint density at radius 3 is 3.00 bits per heavy atom. The van der Waals surface area contributed by atoms with Crippen molar-refractivity contribution in [2.45, 2.75) is 13.0 Å². The van der Waals surface area contributed by atoms with Crippen LogP contribution in [0.1, 0.15) is 6.92 Å². The minimum atomic E-state index is -0.531. The van der Waals surface area contributed by atoms with Crippen LogP contribution in [0.5, 0.6) is 0 Å². The molecule has 0 aromatic carbocycles. The van der Waals surface area contributed by atoms with Crippen molar-refractivity contribution >= 4 is 23.8 Å².